The minimum atomic E-state index is -0.143. The molecule has 0 spiro atoms. The summed E-state index contributed by atoms with van der Waals surface area (Å²) in [6.07, 6.45) is 5.39. The maximum atomic E-state index is 5.80. The molecule has 2 heterocycles. The number of aryl methyl sites for hydroxylation is 1. The summed E-state index contributed by atoms with van der Waals surface area (Å²) in [4.78, 5) is 4.13. The molecule has 0 aliphatic heterocycles. The molecule has 0 amide bonds. The van der Waals surface area contributed by atoms with Crippen molar-refractivity contribution in [3.63, 3.8) is 0 Å². The van der Waals surface area contributed by atoms with Crippen molar-refractivity contribution in [3.05, 3.63) is 77.9 Å². The van der Waals surface area contributed by atoms with E-state index < -0.39 is 0 Å². The van der Waals surface area contributed by atoms with Gasteiger partial charge < -0.3 is 0 Å². The third-order valence-corrected chi connectivity index (χ3v) is 3.51. The first-order chi connectivity index (χ1) is 10.3. The van der Waals surface area contributed by atoms with Crippen LogP contribution in [-0.4, -0.2) is 14.8 Å². The molecular formula is C16H17N5. The van der Waals surface area contributed by atoms with E-state index in [9.17, 15) is 0 Å². The van der Waals surface area contributed by atoms with Gasteiger partial charge in [-0.15, -0.1) is 0 Å². The summed E-state index contributed by atoms with van der Waals surface area (Å²) in [5.41, 5.74) is 7.04. The number of hydrogen-bond donors (Lipinski definition) is 2. The number of aromatic nitrogens is 3. The van der Waals surface area contributed by atoms with Crippen molar-refractivity contribution >= 4 is 0 Å². The molecule has 0 bridgehead atoms. The summed E-state index contributed by atoms with van der Waals surface area (Å²) >= 11 is 0. The molecule has 0 aliphatic rings. The summed E-state index contributed by atoms with van der Waals surface area (Å²) in [5.74, 6) is 5.80. The second kappa shape index (κ2) is 5.87. The van der Waals surface area contributed by atoms with Crippen LogP contribution in [0.15, 0.2) is 61.1 Å². The van der Waals surface area contributed by atoms with Crippen molar-refractivity contribution in [1.29, 1.82) is 0 Å². The van der Waals surface area contributed by atoms with Gasteiger partial charge in [-0.2, -0.15) is 5.10 Å². The van der Waals surface area contributed by atoms with Crippen LogP contribution >= 0.6 is 0 Å². The van der Waals surface area contributed by atoms with Crippen LogP contribution in [0.1, 0.15) is 22.9 Å². The van der Waals surface area contributed by atoms with E-state index in [0.29, 0.717) is 0 Å². The Hall–Kier alpha value is -2.50. The van der Waals surface area contributed by atoms with Crippen LogP contribution in [0.3, 0.4) is 0 Å². The SMILES string of the molecule is Cc1cnccc1C(NN)c1ccnn1-c1ccccc1. The van der Waals surface area contributed by atoms with Gasteiger partial charge >= 0.3 is 0 Å². The molecule has 1 atom stereocenters. The van der Waals surface area contributed by atoms with Crippen molar-refractivity contribution in [2.75, 3.05) is 0 Å². The lowest BCUT2D eigenvalue weighted by Crippen LogP contribution is -2.31. The minimum absolute atomic E-state index is 0.143. The molecule has 0 fully saturated rings. The molecule has 0 saturated heterocycles. The Bertz CT molecular complexity index is 720. The van der Waals surface area contributed by atoms with Crippen molar-refractivity contribution in [1.82, 2.24) is 20.2 Å². The van der Waals surface area contributed by atoms with E-state index in [-0.39, 0.29) is 6.04 Å². The maximum absolute atomic E-state index is 5.80. The fourth-order valence-electron chi connectivity index (χ4n) is 2.46. The van der Waals surface area contributed by atoms with E-state index in [1.165, 1.54) is 0 Å². The predicted molar refractivity (Wildman–Crippen MR) is 81.7 cm³/mol. The van der Waals surface area contributed by atoms with Crippen LogP contribution < -0.4 is 11.3 Å². The quantitative estimate of drug-likeness (QED) is 0.567. The van der Waals surface area contributed by atoms with E-state index in [2.05, 4.69) is 15.5 Å². The lowest BCUT2D eigenvalue weighted by molar-refractivity contribution is 0.594. The van der Waals surface area contributed by atoms with E-state index >= 15 is 0 Å². The molecule has 5 nitrogen and oxygen atoms in total. The number of pyridine rings is 1. The average Bonchev–Trinajstić information content (AvgIpc) is 3.00. The number of nitrogens with one attached hydrogen (secondary N) is 1. The van der Waals surface area contributed by atoms with Crippen LogP contribution in [0.25, 0.3) is 5.69 Å². The summed E-state index contributed by atoms with van der Waals surface area (Å²) in [6, 6.07) is 13.8. The highest BCUT2D eigenvalue weighted by Crippen LogP contribution is 2.25. The Balaban J connectivity index is 2.08. The monoisotopic (exact) mass is 279 g/mol. The van der Waals surface area contributed by atoms with Crippen LogP contribution in [0.5, 0.6) is 0 Å². The van der Waals surface area contributed by atoms with E-state index in [1.807, 2.05) is 60.3 Å². The topological polar surface area (TPSA) is 68.8 Å². The van der Waals surface area contributed by atoms with Gasteiger partial charge in [-0.3, -0.25) is 10.8 Å². The Morgan fingerprint density at radius 2 is 1.90 bits per heavy atom. The molecule has 3 N–H and O–H groups in total. The maximum Gasteiger partial charge on any atom is 0.0886 e. The number of nitrogens with zero attached hydrogens (tertiary/aromatic N) is 3. The Labute approximate surface area is 123 Å². The van der Waals surface area contributed by atoms with Gasteiger partial charge in [0.2, 0.25) is 0 Å². The van der Waals surface area contributed by atoms with Gasteiger partial charge in [0.15, 0.2) is 0 Å². The molecule has 3 aromatic rings. The van der Waals surface area contributed by atoms with Crippen molar-refractivity contribution < 1.29 is 0 Å². The molecule has 0 aliphatic carbocycles. The largest absolute Gasteiger partial charge is 0.271 e. The van der Waals surface area contributed by atoms with Crippen LogP contribution in [0, 0.1) is 6.92 Å². The molecule has 1 unspecified atom stereocenters. The van der Waals surface area contributed by atoms with Crippen molar-refractivity contribution in [3.8, 4) is 5.69 Å². The second-order valence-corrected chi connectivity index (χ2v) is 4.84. The molecule has 0 saturated carbocycles. The number of hydrazine groups is 1. The lowest BCUT2D eigenvalue weighted by atomic mass is 10.0. The normalized spacial score (nSPS) is 12.3. The molecule has 1 aromatic carbocycles. The standard InChI is InChI=1S/C16H17N5/c1-12-11-18-9-7-14(12)16(20-17)15-8-10-19-21(15)13-5-3-2-4-6-13/h2-11,16,20H,17H2,1H3. The fourth-order valence-corrected chi connectivity index (χ4v) is 2.46. The zero-order valence-electron chi connectivity index (χ0n) is 11.8. The number of hydrogen-bond acceptors (Lipinski definition) is 4. The molecular weight excluding hydrogens is 262 g/mol. The van der Waals surface area contributed by atoms with Crippen molar-refractivity contribution in [2.45, 2.75) is 13.0 Å². The lowest BCUT2D eigenvalue weighted by Gasteiger charge is -2.19. The van der Waals surface area contributed by atoms with E-state index in [1.54, 1.807) is 12.4 Å². The van der Waals surface area contributed by atoms with Gasteiger partial charge in [-0.25, -0.2) is 10.1 Å². The number of benzene rings is 1. The van der Waals surface area contributed by atoms with Gasteiger partial charge in [0.05, 0.1) is 17.4 Å². The number of para-hydroxylation sites is 1. The van der Waals surface area contributed by atoms with E-state index in [0.717, 1.165) is 22.5 Å². The fraction of sp³-hybridized carbons (Fsp3) is 0.125. The van der Waals surface area contributed by atoms with Gasteiger partial charge in [0.25, 0.3) is 0 Å². The minimum Gasteiger partial charge on any atom is -0.271 e. The summed E-state index contributed by atoms with van der Waals surface area (Å²) in [7, 11) is 0. The number of nitrogens with two attached hydrogens (primary N) is 1. The van der Waals surface area contributed by atoms with Gasteiger partial charge in [-0.1, -0.05) is 18.2 Å². The predicted octanol–water partition coefficient (Wildman–Crippen LogP) is 2.13. The third-order valence-electron chi connectivity index (χ3n) is 3.51. The smallest absolute Gasteiger partial charge is 0.0886 e. The highest BCUT2D eigenvalue weighted by Gasteiger charge is 2.19. The van der Waals surface area contributed by atoms with Gasteiger partial charge in [0.1, 0.15) is 0 Å². The first kappa shape index (κ1) is 13.5. The van der Waals surface area contributed by atoms with E-state index in [4.69, 9.17) is 5.84 Å². The first-order valence-corrected chi connectivity index (χ1v) is 6.77. The average molecular weight is 279 g/mol. The van der Waals surface area contributed by atoms with Crippen LogP contribution in [0.4, 0.5) is 0 Å². The highest BCUT2D eigenvalue weighted by molar-refractivity contribution is 5.37. The zero-order chi connectivity index (χ0) is 14.7. The Kier molecular flexibility index (Phi) is 3.77. The Morgan fingerprint density at radius 1 is 1.10 bits per heavy atom. The summed E-state index contributed by atoms with van der Waals surface area (Å²) < 4.78 is 1.89. The third kappa shape index (κ3) is 2.56. The molecule has 2 aromatic heterocycles. The Morgan fingerprint density at radius 3 is 2.62 bits per heavy atom. The first-order valence-electron chi connectivity index (χ1n) is 6.77. The molecule has 0 radical (unpaired) electrons. The van der Waals surface area contributed by atoms with Crippen LogP contribution in [0.2, 0.25) is 0 Å². The molecule has 5 heteroatoms. The second-order valence-electron chi connectivity index (χ2n) is 4.84. The van der Waals surface area contributed by atoms with Crippen LogP contribution in [-0.2, 0) is 0 Å². The zero-order valence-corrected chi connectivity index (χ0v) is 11.8. The van der Waals surface area contributed by atoms with Crippen molar-refractivity contribution in [2.24, 2.45) is 5.84 Å². The number of rotatable bonds is 4. The van der Waals surface area contributed by atoms with Gasteiger partial charge in [0, 0.05) is 18.6 Å². The molecule has 21 heavy (non-hydrogen) atoms. The summed E-state index contributed by atoms with van der Waals surface area (Å²) in [6.45, 7) is 2.02. The van der Waals surface area contributed by atoms with Gasteiger partial charge in [-0.05, 0) is 42.3 Å². The molecule has 3 rings (SSSR count). The summed E-state index contributed by atoms with van der Waals surface area (Å²) in [5, 5.41) is 4.42. The molecule has 106 valence electrons. The highest BCUT2D eigenvalue weighted by atomic mass is 15.3.